The molecule has 0 radical (unpaired) electrons. The van der Waals surface area contributed by atoms with E-state index in [0.717, 1.165) is 5.56 Å². The number of ketones is 1. The molecule has 0 unspecified atom stereocenters. The highest BCUT2D eigenvalue weighted by Crippen LogP contribution is 2.22. The highest BCUT2D eigenvalue weighted by molar-refractivity contribution is 5.97. The van der Waals surface area contributed by atoms with Gasteiger partial charge in [-0.3, -0.25) is 9.78 Å². The molecule has 1 aromatic carbocycles. The maximum atomic E-state index is 11.5. The zero-order valence-corrected chi connectivity index (χ0v) is 10.1. The second kappa shape index (κ2) is 5.31. The molecule has 1 aromatic heterocycles. The fraction of sp³-hybridized carbons (Fsp3) is 0.143. The topological polar surface area (TPSA) is 65.2 Å². The van der Waals surface area contributed by atoms with Gasteiger partial charge in [-0.25, -0.2) is 0 Å². The average molecular weight is 242 g/mol. The Kier molecular flexibility index (Phi) is 3.57. The van der Waals surface area contributed by atoms with Crippen LogP contribution < -0.4 is 10.5 Å². The summed E-state index contributed by atoms with van der Waals surface area (Å²) in [6, 6.07) is 8.79. The SMILES string of the molecule is CC(=O)c1cc(N)ccc1OCc1ccncc1. The fourth-order valence-corrected chi connectivity index (χ4v) is 1.59. The minimum absolute atomic E-state index is 0.0629. The van der Waals surface area contributed by atoms with Crippen molar-refractivity contribution >= 4 is 11.5 Å². The number of hydrogen-bond acceptors (Lipinski definition) is 4. The first-order valence-corrected chi connectivity index (χ1v) is 5.59. The fourth-order valence-electron chi connectivity index (χ4n) is 1.59. The minimum Gasteiger partial charge on any atom is -0.488 e. The highest BCUT2D eigenvalue weighted by Gasteiger charge is 2.09. The second-order valence-corrected chi connectivity index (χ2v) is 3.96. The number of anilines is 1. The number of nitrogens with zero attached hydrogens (tertiary/aromatic N) is 1. The van der Waals surface area contributed by atoms with E-state index in [2.05, 4.69) is 4.98 Å². The van der Waals surface area contributed by atoms with Crippen molar-refractivity contribution in [3.8, 4) is 5.75 Å². The van der Waals surface area contributed by atoms with Gasteiger partial charge in [-0.2, -0.15) is 0 Å². The molecule has 4 heteroatoms. The number of ether oxygens (including phenoxy) is 1. The third-order valence-electron chi connectivity index (χ3n) is 2.53. The number of carbonyl (C=O) groups is 1. The van der Waals surface area contributed by atoms with Crippen LogP contribution in [0.3, 0.4) is 0 Å². The zero-order chi connectivity index (χ0) is 13.0. The van der Waals surface area contributed by atoms with Crippen molar-refractivity contribution < 1.29 is 9.53 Å². The van der Waals surface area contributed by atoms with Gasteiger partial charge < -0.3 is 10.5 Å². The van der Waals surface area contributed by atoms with Crippen LogP contribution in [-0.2, 0) is 6.61 Å². The van der Waals surface area contributed by atoms with Gasteiger partial charge in [0.1, 0.15) is 12.4 Å². The van der Waals surface area contributed by atoms with Crippen LogP contribution in [0.5, 0.6) is 5.75 Å². The third kappa shape index (κ3) is 2.85. The van der Waals surface area contributed by atoms with Crippen LogP contribution in [0.25, 0.3) is 0 Å². The van der Waals surface area contributed by atoms with Gasteiger partial charge in [0.2, 0.25) is 0 Å². The molecule has 0 aliphatic rings. The summed E-state index contributed by atoms with van der Waals surface area (Å²) in [6.07, 6.45) is 3.40. The van der Waals surface area contributed by atoms with E-state index in [4.69, 9.17) is 10.5 Å². The lowest BCUT2D eigenvalue weighted by Crippen LogP contribution is -2.02. The Morgan fingerprint density at radius 3 is 2.67 bits per heavy atom. The number of Topliss-reactive ketones (excluding diaryl/α,β-unsaturated/α-hetero) is 1. The Morgan fingerprint density at radius 1 is 1.28 bits per heavy atom. The normalized spacial score (nSPS) is 10.1. The van der Waals surface area contributed by atoms with Gasteiger partial charge >= 0.3 is 0 Å². The van der Waals surface area contributed by atoms with Crippen LogP contribution in [0, 0.1) is 0 Å². The van der Waals surface area contributed by atoms with Gasteiger partial charge in [0.15, 0.2) is 5.78 Å². The molecule has 0 aliphatic carbocycles. The molecule has 0 amide bonds. The van der Waals surface area contributed by atoms with Gasteiger partial charge in [-0.1, -0.05) is 0 Å². The van der Waals surface area contributed by atoms with E-state index in [1.165, 1.54) is 6.92 Å². The monoisotopic (exact) mass is 242 g/mol. The summed E-state index contributed by atoms with van der Waals surface area (Å²) in [5, 5.41) is 0. The Bertz CT molecular complexity index is 553. The molecule has 2 N–H and O–H groups in total. The summed E-state index contributed by atoms with van der Waals surface area (Å²) in [4.78, 5) is 15.4. The number of hydrogen-bond donors (Lipinski definition) is 1. The Morgan fingerprint density at radius 2 is 2.00 bits per heavy atom. The molecule has 0 aliphatic heterocycles. The van der Waals surface area contributed by atoms with Crippen molar-refractivity contribution in [1.82, 2.24) is 4.98 Å². The summed E-state index contributed by atoms with van der Waals surface area (Å²) in [7, 11) is 0. The van der Waals surface area contributed by atoms with E-state index in [1.807, 2.05) is 12.1 Å². The van der Waals surface area contributed by atoms with Crippen molar-refractivity contribution in [1.29, 1.82) is 0 Å². The summed E-state index contributed by atoms with van der Waals surface area (Å²) in [5.41, 5.74) is 7.71. The molecule has 0 bridgehead atoms. The molecule has 0 saturated carbocycles. The highest BCUT2D eigenvalue weighted by atomic mass is 16.5. The van der Waals surface area contributed by atoms with Crippen LogP contribution in [-0.4, -0.2) is 10.8 Å². The van der Waals surface area contributed by atoms with Crippen molar-refractivity contribution in [2.24, 2.45) is 0 Å². The molecular weight excluding hydrogens is 228 g/mol. The number of aromatic nitrogens is 1. The average Bonchev–Trinajstić information content (AvgIpc) is 2.38. The Labute approximate surface area is 105 Å². The van der Waals surface area contributed by atoms with Gasteiger partial charge in [-0.05, 0) is 42.8 Å². The largest absolute Gasteiger partial charge is 0.488 e. The predicted octanol–water partition coefficient (Wildman–Crippen LogP) is 2.45. The van der Waals surface area contributed by atoms with Gasteiger partial charge in [0.05, 0.1) is 5.56 Å². The van der Waals surface area contributed by atoms with Gasteiger partial charge in [-0.15, -0.1) is 0 Å². The van der Waals surface area contributed by atoms with Gasteiger partial charge in [0, 0.05) is 18.1 Å². The first kappa shape index (κ1) is 12.1. The lowest BCUT2D eigenvalue weighted by molar-refractivity contribution is 0.101. The number of pyridine rings is 1. The third-order valence-corrected chi connectivity index (χ3v) is 2.53. The molecule has 0 saturated heterocycles. The first-order valence-electron chi connectivity index (χ1n) is 5.59. The van der Waals surface area contributed by atoms with Crippen molar-refractivity contribution in [3.05, 3.63) is 53.9 Å². The molecule has 18 heavy (non-hydrogen) atoms. The quantitative estimate of drug-likeness (QED) is 0.660. The van der Waals surface area contributed by atoms with E-state index in [1.54, 1.807) is 30.6 Å². The van der Waals surface area contributed by atoms with Crippen LogP contribution in [0.1, 0.15) is 22.8 Å². The molecule has 0 spiro atoms. The number of nitrogen functional groups attached to an aromatic ring is 1. The maximum Gasteiger partial charge on any atom is 0.163 e. The predicted molar refractivity (Wildman–Crippen MR) is 69.4 cm³/mol. The lowest BCUT2D eigenvalue weighted by Gasteiger charge is -2.10. The Balaban J connectivity index is 2.17. The molecule has 0 atom stereocenters. The van der Waals surface area contributed by atoms with Crippen LogP contribution in [0.2, 0.25) is 0 Å². The standard InChI is InChI=1S/C14H14N2O2/c1-10(17)13-8-12(15)2-3-14(13)18-9-11-4-6-16-7-5-11/h2-8H,9,15H2,1H3. The van der Waals surface area contributed by atoms with E-state index < -0.39 is 0 Å². The van der Waals surface area contributed by atoms with Crippen LogP contribution in [0.15, 0.2) is 42.7 Å². The molecule has 1 heterocycles. The minimum atomic E-state index is -0.0629. The number of rotatable bonds is 4. The Hall–Kier alpha value is -2.36. The molecule has 2 aromatic rings. The summed E-state index contributed by atoms with van der Waals surface area (Å²) in [5.74, 6) is 0.487. The summed E-state index contributed by atoms with van der Waals surface area (Å²) < 4.78 is 5.64. The van der Waals surface area contributed by atoms with E-state index >= 15 is 0 Å². The van der Waals surface area contributed by atoms with Crippen molar-refractivity contribution in [2.75, 3.05) is 5.73 Å². The van der Waals surface area contributed by atoms with Gasteiger partial charge in [0.25, 0.3) is 0 Å². The van der Waals surface area contributed by atoms with Crippen molar-refractivity contribution in [2.45, 2.75) is 13.5 Å². The second-order valence-electron chi connectivity index (χ2n) is 3.96. The molecule has 92 valence electrons. The smallest absolute Gasteiger partial charge is 0.163 e. The first-order chi connectivity index (χ1) is 8.66. The lowest BCUT2D eigenvalue weighted by atomic mass is 10.1. The van der Waals surface area contributed by atoms with Crippen LogP contribution in [0.4, 0.5) is 5.69 Å². The molecule has 4 nitrogen and oxygen atoms in total. The zero-order valence-electron chi connectivity index (χ0n) is 10.1. The van der Waals surface area contributed by atoms with E-state index in [-0.39, 0.29) is 5.78 Å². The van der Waals surface area contributed by atoms with E-state index in [9.17, 15) is 4.79 Å². The summed E-state index contributed by atoms with van der Waals surface area (Å²) >= 11 is 0. The maximum absolute atomic E-state index is 11.5. The van der Waals surface area contributed by atoms with Crippen molar-refractivity contribution in [3.63, 3.8) is 0 Å². The molecule has 2 rings (SSSR count). The molecular formula is C14H14N2O2. The number of carbonyl (C=O) groups excluding carboxylic acids is 1. The number of benzene rings is 1. The summed E-state index contributed by atoms with van der Waals surface area (Å²) in [6.45, 7) is 1.89. The van der Waals surface area contributed by atoms with Crippen LogP contribution >= 0.6 is 0 Å². The molecule has 0 fully saturated rings. The van der Waals surface area contributed by atoms with E-state index in [0.29, 0.717) is 23.6 Å². The number of nitrogens with two attached hydrogens (primary N) is 1.